The van der Waals surface area contributed by atoms with E-state index in [0.29, 0.717) is 32.4 Å². The van der Waals surface area contributed by atoms with Crippen LogP contribution in [-0.4, -0.2) is 21.1 Å². The van der Waals surface area contributed by atoms with Crippen molar-refractivity contribution >= 4 is 39.1 Å². The van der Waals surface area contributed by atoms with Crippen molar-refractivity contribution in [2.75, 3.05) is 5.75 Å². The topological polar surface area (TPSA) is 65.1 Å². The quantitative estimate of drug-likeness (QED) is 0.170. The van der Waals surface area contributed by atoms with Gasteiger partial charge in [0.25, 0.3) is 5.56 Å². The van der Waals surface area contributed by atoms with E-state index in [1.54, 1.807) is 36.4 Å². The molecule has 0 N–H and O–H groups in total. The third-order valence-corrected chi connectivity index (χ3v) is 6.76. The van der Waals surface area contributed by atoms with Crippen LogP contribution in [0.5, 0.6) is 0 Å². The molecule has 0 amide bonds. The van der Waals surface area contributed by atoms with Gasteiger partial charge in [-0.2, -0.15) is 0 Å². The lowest BCUT2D eigenvalue weighted by molar-refractivity contribution is 0.102. The summed E-state index contributed by atoms with van der Waals surface area (Å²) in [5.74, 6) is -2.05. The number of rotatable bonds is 6. The van der Waals surface area contributed by atoms with Crippen LogP contribution in [0.3, 0.4) is 0 Å². The van der Waals surface area contributed by atoms with E-state index >= 15 is 0 Å². The normalized spacial score (nSPS) is 11.2. The Hall–Kier alpha value is -3.56. The van der Waals surface area contributed by atoms with E-state index in [0.717, 1.165) is 23.9 Å². The number of furan rings is 1. The second kappa shape index (κ2) is 8.76. The van der Waals surface area contributed by atoms with Gasteiger partial charge in [-0.25, -0.2) is 13.8 Å². The van der Waals surface area contributed by atoms with Crippen molar-refractivity contribution < 1.29 is 18.0 Å². The monoisotopic (exact) mass is 480 g/mol. The molecule has 0 spiro atoms. The number of para-hydroxylation sites is 1. The maximum atomic E-state index is 13.6. The molecular weight excluding hydrogens is 466 g/mol. The Morgan fingerprint density at radius 1 is 1.06 bits per heavy atom. The lowest BCUT2D eigenvalue weighted by atomic mass is 10.1. The number of thioether (sulfide) groups is 1. The van der Waals surface area contributed by atoms with Crippen molar-refractivity contribution in [2.24, 2.45) is 0 Å². The second-order valence-electron chi connectivity index (χ2n) is 7.02. The van der Waals surface area contributed by atoms with Crippen LogP contribution >= 0.6 is 23.1 Å². The van der Waals surface area contributed by atoms with E-state index in [9.17, 15) is 18.4 Å². The summed E-state index contributed by atoms with van der Waals surface area (Å²) in [7, 11) is 0. The Morgan fingerprint density at radius 3 is 2.61 bits per heavy atom. The lowest BCUT2D eigenvalue weighted by Crippen LogP contribution is -2.22. The number of carbonyl (C=O) groups excluding carboxylic acids is 1. The van der Waals surface area contributed by atoms with Crippen LogP contribution in [0.15, 0.2) is 86.7 Å². The molecular formula is C24H14F2N2O3S2. The van der Waals surface area contributed by atoms with Crippen LogP contribution in [-0.2, 0) is 0 Å². The number of carbonyl (C=O) groups is 1. The Bertz CT molecular complexity index is 1530. The van der Waals surface area contributed by atoms with Gasteiger partial charge in [-0.1, -0.05) is 30.0 Å². The first-order valence-electron chi connectivity index (χ1n) is 9.77. The number of nitrogens with zero attached hydrogens (tertiary/aromatic N) is 2. The molecule has 164 valence electrons. The molecule has 9 heteroatoms. The number of aromatic nitrogens is 2. The SMILES string of the molecule is O=C(CSc1nc2scc(-c3ccco3)c2c(=O)n1-c1ccccc1)c1ccc(F)c(F)c1. The Kier molecular flexibility index (Phi) is 5.65. The maximum absolute atomic E-state index is 13.6. The number of hydrogen-bond acceptors (Lipinski definition) is 6. The van der Waals surface area contributed by atoms with E-state index in [1.807, 2.05) is 11.4 Å². The number of halogens is 2. The molecule has 0 aliphatic carbocycles. The Labute approximate surface area is 194 Å². The molecule has 5 nitrogen and oxygen atoms in total. The molecule has 3 aromatic heterocycles. The summed E-state index contributed by atoms with van der Waals surface area (Å²) in [6.07, 6.45) is 1.54. The zero-order valence-corrected chi connectivity index (χ0v) is 18.5. The van der Waals surface area contributed by atoms with Gasteiger partial charge in [-0.05, 0) is 42.5 Å². The third-order valence-electron chi connectivity index (χ3n) is 4.95. The summed E-state index contributed by atoms with van der Waals surface area (Å²) in [4.78, 5) is 31.4. The summed E-state index contributed by atoms with van der Waals surface area (Å²) >= 11 is 2.36. The van der Waals surface area contributed by atoms with Crippen molar-refractivity contribution in [3.63, 3.8) is 0 Å². The predicted molar refractivity (Wildman–Crippen MR) is 124 cm³/mol. The number of benzene rings is 2. The standard InChI is InChI=1S/C24H14F2N2O3S2/c25-17-9-8-14(11-18(17)26)19(29)13-33-24-27-22-21(16(12-32-22)20-7-4-10-31-20)23(30)28(24)15-5-2-1-3-6-15/h1-12H,13H2. The van der Waals surface area contributed by atoms with Crippen LogP contribution in [0.1, 0.15) is 10.4 Å². The number of hydrogen-bond donors (Lipinski definition) is 0. The van der Waals surface area contributed by atoms with Gasteiger partial charge in [0.15, 0.2) is 22.6 Å². The highest BCUT2D eigenvalue weighted by molar-refractivity contribution is 7.99. The first kappa shape index (κ1) is 21.3. The van der Waals surface area contributed by atoms with Crippen LogP contribution < -0.4 is 5.56 Å². The largest absolute Gasteiger partial charge is 0.464 e. The highest BCUT2D eigenvalue weighted by Crippen LogP contribution is 2.33. The van der Waals surface area contributed by atoms with E-state index in [1.165, 1.54) is 28.2 Å². The Morgan fingerprint density at radius 2 is 1.88 bits per heavy atom. The molecule has 0 fully saturated rings. The van der Waals surface area contributed by atoms with Crippen LogP contribution in [0.2, 0.25) is 0 Å². The average molecular weight is 481 g/mol. The van der Waals surface area contributed by atoms with Gasteiger partial charge < -0.3 is 4.42 Å². The zero-order valence-electron chi connectivity index (χ0n) is 16.8. The van der Waals surface area contributed by atoms with Gasteiger partial charge >= 0.3 is 0 Å². The van der Waals surface area contributed by atoms with E-state index in [2.05, 4.69) is 4.98 Å². The molecule has 0 bridgehead atoms. The van der Waals surface area contributed by atoms with Gasteiger partial charge in [0.2, 0.25) is 0 Å². The Balaban J connectivity index is 1.58. The molecule has 0 saturated carbocycles. The van der Waals surface area contributed by atoms with Gasteiger partial charge in [0.05, 0.1) is 23.1 Å². The highest BCUT2D eigenvalue weighted by atomic mass is 32.2. The van der Waals surface area contributed by atoms with Crippen molar-refractivity contribution in [3.05, 3.63) is 99.9 Å². The minimum absolute atomic E-state index is 0.0484. The van der Waals surface area contributed by atoms with Crippen molar-refractivity contribution in [1.82, 2.24) is 9.55 Å². The number of fused-ring (bicyclic) bond motifs is 1. The summed E-state index contributed by atoms with van der Waals surface area (Å²) < 4.78 is 33.7. The van der Waals surface area contributed by atoms with E-state index in [-0.39, 0.29) is 16.9 Å². The summed E-state index contributed by atoms with van der Waals surface area (Å²) in [5.41, 5.74) is 1.00. The van der Waals surface area contributed by atoms with Crippen molar-refractivity contribution in [2.45, 2.75) is 5.16 Å². The summed E-state index contributed by atoms with van der Waals surface area (Å²) in [6, 6.07) is 15.5. The van der Waals surface area contributed by atoms with Gasteiger partial charge in [0, 0.05) is 16.5 Å². The van der Waals surface area contributed by atoms with Crippen LogP contribution in [0.4, 0.5) is 8.78 Å². The molecule has 0 aliphatic rings. The van der Waals surface area contributed by atoms with Crippen molar-refractivity contribution in [3.8, 4) is 17.0 Å². The van der Waals surface area contributed by atoms with Crippen LogP contribution in [0.25, 0.3) is 27.2 Å². The van der Waals surface area contributed by atoms with Gasteiger partial charge in [-0.15, -0.1) is 11.3 Å². The smallest absolute Gasteiger partial charge is 0.268 e. The number of thiophene rings is 1. The lowest BCUT2D eigenvalue weighted by Gasteiger charge is -2.12. The summed E-state index contributed by atoms with van der Waals surface area (Å²) in [6.45, 7) is 0. The highest BCUT2D eigenvalue weighted by Gasteiger charge is 2.20. The minimum atomic E-state index is -1.09. The van der Waals surface area contributed by atoms with Crippen LogP contribution in [0, 0.1) is 11.6 Å². The predicted octanol–water partition coefficient (Wildman–Crippen LogP) is 5.96. The molecule has 33 heavy (non-hydrogen) atoms. The second-order valence-corrected chi connectivity index (χ2v) is 8.82. The molecule has 0 saturated heterocycles. The first-order valence-corrected chi connectivity index (χ1v) is 11.6. The molecule has 5 aromatic rings. The first-order chi connectivity index (χ1) is 16.0. The van der Waals surface area contributed by atoms with Crippen molar-refractivity contribution in [1.29, 1.82) is 0 Å². The molecule has 5 rings (SSSR count). The molecule has 0 radical (unpaired) electrons. The number of ketones is 1. The molecule has 0 aliphatic heterocycles. The maximum Gasteiger partial charge on any atom is 0.268 e. The summed E-state index contributed by atoms with van der Waals surface area (Å²) in [5, 5.41) is 2.56. The van der Waals surface area contributed by atoms with E-state index in [4.69, 9.17) is 4.42 Å². The fourth-order valence-electron chi connectivity index (χ4n) is 3.37. The van der Waals surface area contributed by atoms with Gasteiger partial charge in [0.1, 0.15) is 10.6 Å². The number of Topliss-reactive ketones (excluding diaryl/α,β-unsaturated/α-hetero) is 1. The molecule has 0 unspecified atom stereocenters. The minimum Gasteiger partial charge on any atom is -0.464 e. The fourth-order valence-corrected chi connectivity index (χ4v) is 5.25. The van der Waals surface area contributed by atoms with Gasteiger partial charge in [-0.3, -0.25) is 14.2 Å². The molecule has 0 atom stereocenters. The molecule has 2 aromatic carbocycles. The zero-order chi connectivity index (χ0) is 22.9. The third kappa shape index (κ3) is 4.01. The fraction of sp³-hybridized carbons (Fsp3) is 0.0417. The average Bonchev–Trinajstić information content (AvgIpc) is 3.50. The molecule has 3 heterocycles. The van der Waals surface area contributed by atoms with E-state index < -0.39 is 17.4 Å².